The van der Waals surface area contributed by atoms with E-state index in [1.165, 1.54) is 17.0 Å². The van der Waals surface area contributed by atoms with Gasteiger partial charge >= 0.3 is 0 Å². The van der Waals surface area contributed by atoms with Crippen molar-refractivity contribution in [3.05, 3.63) is 76.4 Å². The topological polar surface area (TPSA) is 72.6 Å². The number of aryl methyl sites for hydroxylation is 1. The van der Waals surface area contributed by atoms with Gasteiger partial charge in [-0.25, -0.2) is 4.39 Å². The summed E-state index contributed by atoms with van der Waals surface area (Å²) < 4.78 is 18.7. The van der Waals surface area contributed by atoms with E-state index in [9.17, 15) is 14.0 Å². The van der Waals surface area contributed by atoms with Crippen molar-refractivity contribution in [1.82, 2.24) is 4.90 Å². The number of likely N-dealkylation sites (tertiary alicyclic amines) is 1. The van der Waals surface area contributed by atoms with E-state index in [0.717, 1.165) is 16.7 Å². The van der Waals surface area contributed by atoms with Gasteiger partial charge in [0.05, 0.1) is 5.57 Å². The highest BCUT2D eigenvalue weighted by Gasteiger charge is 2.43. The molecule has 5 nitrogen and oxygen atoms in total. The second kappa shape index (κ2) is 6.54. The minimum atomic E-state index is -0.415. The first kappa shape index (κ1) is 17.3. The van der Waals surface area contributed by atoms with Crippen LogP contribution >= 0.6 is 0 Å². The summed E-state index contributed by atoms with van der Waals surface area (Å²) in [5.74, 6) is -0.697. The highest BCUT2D eigenvalue weighted by atomic mass is 19.1. The quantitative estimate of drug-likeness (QED) is 0.848. The van der Waals surface area contributed by atoms with Crippen LogP contribution in [0.4, 0.5) is 4.39 Å². The zero-order chi connectivity index (χ0) is 19.1. The number of rotatable bonds is 3. The third-order valence-electron chi connectivity index (χ3n) is 5.07. The van der Waals surface area contributed by atoms with Crippen LogP contribution < -0.4 is 10.5 Å². The zero-order valence-electron chi connectivity index (χ0n) is 14.9. The van der Waals surface area contributed by atoms with Gasteiger partial charge in [-0.3, -0.25) is 14.5 Å². The highest BCUT2D eigenvalue weighted by molar-refractivity contribution is 6.09. The van der Waals surface area contributed by atoms with Crippen molar-refractivity contribution in [2.75, 3.05) is 6.54 Å². The lowest BCUT2D eigenvalue weighted by Gasteiger charge is -2.36. The molecule has 2 N–H and O–H groups in total. The predicted molar refractivity (Wildman–Crippen MR) is 97.2 cm³/mol. The Hall–Kier alpha value is -3.15. The fraction of sp³-hybridized carbons (Fsp3) is 0.238. The molecule has 0 radical (unpaired) electrons. The number of piperidine rings is 1. The summed E-state index contributed by atoms with van der Waals surface area (Å²) in [5.41, 5.74) is 9.04. The van der Waals surface area contributed by atoms with Crippen LogP contribution in [0.5, 0.6) is 5.75 Å². The molecule has 2 amide bonds. The number of benzene rings is 2. The number of amides is 2. The molecule has 0 bridgehead atoms. The number of imide groups is 1. The molecule has 4 rings (SSSR count). The molecule has 27 heavy (non-hydrogen) atoms. The summed E-state index contributed by atoms with van der Waals surface area (Å²) in [6.45, 7) is 2.15. The van der Waals surface area contributed by atoms with Crippen LogP contribution in [-0.2, 0) is 16.0 Å². The van der Waals surface area contributed by atoms with Crippen molar-refractivity contribution >= 4 is 11.8 Å². The van der Waals surface area contributed by atoms with Crippen LogP contribution in [-0.4, -0.2) is 23.3 Å². The van der Waals surface area contributed by atoms with Crippen LogP contribution in [0.1, 0.15) is 29.0 Å². The lowest BCUT2D eigenvalue weighted by molar-refractivity contribution is -0.145. The normalized spacial score (nSPS) is 18.9. The maximum atomic E-state index is 13.0. The molecule has 1 unspecified atom stereocenters. The molecule has 1 fully saturated rings. The van der Waals surface area contributed by atoms with Gasteiger partial charge in [0.1, 0.15) is 11.6 Å². The number of hydrogen-bond acceptors (Lipinski definition) is 4. The summed E-state index contributed by atoms with van der Waals surface area (Å²) in [5, 5.41) is 0. The van der Waals surface area contributed by atoms with Gasteiger partial charge in [-0.05, 0) is 42.7 Å². The molecule has 138 valence electrons. The molecule has 1 saturated heterocycles. The summed E-state index contributed by atoms with van der Waals surface area (Å²) in [7, 11) is 0. The fourth-order valence-electron chi connectivity index (χ4n) is 3.65. The molecular formula is C21H19FN2O3. The van der Waals surface area contributed by atoms with E-state index < -0.39 is 5.91 Å². The number of ether oxygens (including phenoxy) is 1. The maximum Gasteiger partial charge on any atom is 0.262 e. The Bertz CT molecular complexity index is 966. The highest BCUT2D eigenvalue weighted by Crippen LogP contribution is 2.43. The Labute approximate surface area is 156 Å². The molecule has 6 heteroatoms. The summed E-state index contributed by atoms with van der Waals surface area (Å²) in [6, 6.07) is 11.7. The average Bonchev–Trinajstić information content (AvgIpc) is 2.62. The Morgan fingerprint density at radius 1 is 1.19 bits per heavy atom. The SMILES string of the molecule is Cc1ccc2c(c1)OC(N)=C1C(=O)N(CCc3ccc(F)cc3)C(=O)CC12. The van der Waals surface area contributed by atoms with Crippen molar-refractivity contribution in [3.8, 4) is 5.75 Å². The molecular weight excluding hydrogens is 347 g/mol. The van der Waals surface area contributed by atoms with Crippen LogP contribution in [0, 0.1) is 12.7 Å². The van der Waals surface area contributed by atoms with Crippen LogP contribution in [0.2, 0.25) is 0 Å². The minimum Gasteiger partial charge on any atom is -0.441 e. The van der Waals surface area contributed by atoms with Gasteiger partial charge < -0.3 is 10.5 Å². The van der Waals surface area contributed by atoms with Gasteiger partial charge in [0.2, 0.25) is 5.91 Å². The Kier molecular flexibility index (Phi) is 4.18. The molecule has 0 aliphatic carbocycles. The van der Waals surface area contributed by atoms with E-state index in [0.29, 0.717) is 17.7 Å². The van der Waals surface area contributed by atoms with E-state index in [4.69, 9.17) is 10.5 Å². The first-order chi connectivity index (χ1) is 12.9. The van der Waals surface area contributed by atoms with Gasteiger partial charge in [-0.2, -0.15) is 0 Å². The van der Waals surface area contributed by atoms with Crippen LogP contribution in [0.25, 0.3) is 0 Å². The summed E-state index contributed by atoms with van der Waals surface area (Å²) in [6.07, 6.45) is 0.622. The summed E-state index contributed by atoms with van der Waals surface area (Å²) >= 11 is 0. The Morgan fingerprint density at radius 2 is 1.93 bits per heavy atom. The molecule has 2 aliphatic rings. The second-order valence-corrected chi connectivity index (χ2v) is 6.90. The molecule has 0 spiro atoms. The van der Waals surface area contributed by atoms with Gasteiger partial charge in [0.15, 0.2) is 5.88 Å². The van der Waals surface area contributed by atoms with E-state index in [-0.39, 0.29) is 36.5 Å². The predicted octanol–water partition coefficient (Wildman–Crippen LogP) is 2.78. The largest absolute Gasteiger partial charge is 0.441 e. The number of halogens is 1. The number of nitrogens with two attached hydrogens (primary N) is 1. The maximum absolute atomic E-state index is 13.0. The van der Waals surface area contributed by atoms with Crippen LogP contribution in [0.3, 0.4) is 0 Å². The zero-order valence-corrected chi connectivity index (χ0v) is 14.9. The molecule has 2 aromatic rings. The first-order valence-corrected chi connectivity index (χ1v) is 8.81. The van der Waals surface area contributed by atoms with Gasteiger partial charge in [0.25, 0.3) is 5.91 Å². The Morgan fingerprint density at radius 3 is 2.67 bits per heavy atom. The standard InChI is InChI=1S/C21H19FN2O3/c1-12-2-7-15-16-11-18(25)24(9-8-13-3-5-14(22)6-4-13)21(26)19(16)20(23)27-17(15)10-12/h2-7,10,16H,8-9,11,23H2,1H3. The number of hydrogen-bond donors (Lipinski definition) is 1. The Balaban J connectivity index is 1.59. The van der Waals surface area contributed by atoms with Crippen molar-refractivity contribution in [1.29, 1.82) is 0 Å². The van der Waals surface area contributed by atoms with E-state index in [2.05, 4.69) is 0 Å². The van der Waals surface area contributed by atoms with Crippen molar-refractivity contribution in [2.24, 2.45) is 5.73 Å². The molecule has 2 aliphatic heterocycles. The molecule has 2 aromatic carbocycles. The van der Waals surface area contributed by atoms with Crippen LogP contribution in [0.15, 0.2) is 53.9 Å². The van der Waals surface area contributed by atoms with E-state index in [1.54, 1.807) is 12.1 Å². The van der Waals surface area contributed by atoms with E-state index in [1.807, 2.05) is 25.1 Å². The number of carbonyl (C=O) groups excluding carboxylic acids is 2. The number of fused-ring (bicyclic) bond motifs is 3. The number of carbonyl (C=O) groups is 2. The van der Waals surface area contributed by atoms with Crippen molar-refractivity contribution in [3.63, 3.8) is 0 Å². The molecule has 2 heterocycles. The van der Waals surface area contributed by atoms with Gasteiger partial charge in [0, 0.05) is 24.4 Å². The fourth-order valence-corrected chi connectivity index (χ4v) is 3.65. The molecule has 1 atom stereocenters. The molecule has 0 aromatic heterocycles. The lowest BCUT2D eigenvalue weighted by Crippen LogP contribution is -2.47. The van der Waals surface area contributed by atoms with E-state index >= 15 is 0 Å². The van der Waals surface area contributed by atoms with Crippen molar-refractivity contribution < 1.29 is 18.7 Å². The van der Waals surface area contributed by atoms with Gasteiger partial charge in [-0.1, -0.05) is 24.3 Å². The number of nitrogens with zero attached hydrogens (tertiary/aromatic N) is 1. The average molecular weight is 366 g/mol. The third kappa shape index (κ3) is 3.07. The van der Waals surface area contributed by atoms with Gasteiger partial charge in [-0.15, -0.1) is 0 Å². The smallest absolute Gasteiger partial charge is 0.262 e. The second-order valence-electron chi connectivity index (χ2n) is 6.90. The third-order valence-corrected chi connectivity index (χ3v) is 5.07. The minimum absolute atomic E-state index is 0.0578. The monoisotopic (exact) mass is 366 g/mol. The van der Waals surface area contributed by atoms with Crippen molar-refractivity contribution in [2.45, 2.75) is 25.7 Å². The lowest BCUT2D eigenvalue weighted by atomic mass is 9.82. The first-order valence-electron chi connectivity index (χ1n) is 8.81. The summed E-state index contributed by atoms with van der Waals surface area (Å²) in [4.78, 5) is 26.8. The molecule has 0 saturated carbocycles.